The Morgan fingerprint density at radius 3 is 2.20 bits per heavy atom. The van der Waals surface area contributed by atoms with E-state index in [1.54, 1.807) is 36.8 Å². The van der Waals surface area contributed by atoms with Gasteiger partial charge in [-0.15, -0.1) is 0 Å². The van der Waals surface area contributed by atoms with Crippen LogP contribution < -0.4 is 5.32 Å². The highest BCUT2D eigenvalue weighted by Gasteiger charge is 2.09. The normalized spacial score (nSPS) is 10.3. The predicted octanol–water partition coefficient (Wildman–Crippen LogP) is 3.66. The Morgan fingerprint density at radius 2 is 1.60 bits per heavy atom. The topological polar surface area (TPSA) is 68.5 Å². The van der Waals surface area contributed by atoms with Crippen LogP contribution in [0.1, 0.15) is 26.3 Å². The van der Waals surface area contributed by atoms with E-state index >= 15 is 0 Å². The van der Waals surface area contributed by atoms with Gasteiger partial charge in [0, 0.05) is 17.7 Å². The number of carbonyl (C=O) groups excluding carboxylic acids is 2. The molecule has 3 rings (SSSR count). The first-order valence-electron chi connectivity index (χ1n) is 7.75. The van der Waals surface area contributed by atoms with Gasteiger partial charge in [0.05, 0.1) is 25.2 Å². The molecule has 0 radical (unpaired) electrons. The van der Waals surface area contributed by atoms with Gasteiger partial charge in [0.2, 0.25) is 0 Å². The first kappa shape index (κ1) is 16.5. The van der Waals surface area contributed by atoms with Crippen LogP contribution in [0.15, 0.2) is 71.5 Å². The average molecular weight is 335 g/mol. The molecule has 0 saturated heterocycles. The summed E-state index contributed by atoms with van der Waals surface area (Å²) in [6, 6.07) is 16.1. The van der Waals surface area contributed by atoms with Gasteiger partial charge < -0.3 is 14.5 Å². The van der Waals surface area contributed by atoms with Gasteiger partial charge in [-0.25, -0.2) is 4.79 Å². The highest BCUT2D eigenvalue weighted by molar-refractivity contribution is 5.96. The second-order valence-corrected chi connectivity index (χ2v) is 5.46. The minimum atomic E-state index is -0.426. The van der Waals surface area contributed by atoms with Crippen LogP contribution in [-0.2, 0) is 11.3 Å². The van der Waals surface area contributed by atoms with Crippen LogP contribution >= 0.6 is 0 Å². The van der Waals surface area contributed by atoms with Gasteiger partial charge in [0.25, 0.3) is 5.91 Å². The van der Waals surface area contributed by atoms with E-state index in [1.165, 1.54) is 7.11 Å². The smallest absolute Gasteiger partial charge is 0.337 e. The van der Waals surface area contributed by atoms with Crippen molar-refractivity contribution in [1.29, 1.82) is 0 Å². The zero-order valence-electron chi connectivity index (χ0n) is 13.7. The van der Waals surface area contributed by atoms with E-state index in [4.69, 9.17) is 4.42 Å². The van der Waals surface area contributed by atoms with Gasteiger partial charge in [-0.2, -0.15) is 0 Å². The van der Waals surface area contributed by atoms with E-state index in [2.05, 4.69) is 10.1 Å². The maximum Gasteiger partial charge on any atom is 0.337 e. The molecule has 1 N–H and O–H groups in total. The van der Waals surface area contributed by atoms with E-state index in [-0.39, 0.29) is 5.91 Å². The molecule has 0 atom stereocenters. The molecule has 0 bridgehead atoms. The van der Waals surface area contributed by atoms with E-state index in [0.717, 1.165) is 16.7 Å². The molecule has 1 amide bonds. The fourth-order valence-electron chi connectivity index (χ4n) is 2.40. The number of furan rings is 1. The zero-order valence-corrected chi connectivity index (χ0v) is 13.7. The Balaban J connectivity index is 1.59. The summed E-state index contributed by atoms with van der Waals surface area (Å²) in [5.41, 5.74) is 3.96. The lowest BCUT2D eigenvalue weighted by Gasteiger charge is -2.07. The number of hydrogen-bond donors (Lipinski definition) is 1. The molecule has 0 fully saturated rings. The lowest BCUT2D eigenvalue weighted by atomic mass is 10.1. The molecular weight excluding hydrogens is 318 g/mol. The molecule has 0 spiro atoms. The molecule has 1 aromatic heterocycles. The summed E-state index contributed by atoms with van der Waals surface area (Å²) in [6.45, 7) is 0.420. The van der Waals surface area contributed by atoms with Gasteiger partial charge in [0.15, 0.2) is 0 Å². The van der Waals surface area contributed by atoms with Crippen molar-refractivity contribution in [3.63, 3.8) is 0 Å². The molecule has 25 heavy (non-hydrogen) atoms. The van der Waals surface area contributed by atoms with Gasteiger partial charge >= 0.3 is 5.97 Å². The molecule has 5 nitrogen and oxygen atoms in total. The zero-order chi connectivity index (χ0) is 17.6. The van der Waals surface area contributed by atoms with E-state index in [9.17, 15) is 9.59 Å². The third kappa shape index (κ3) is 3.95. The molecule has 0 unspecified atom stereocenters. The largest absolute Gasteiger partial charge is 0.472 e. The number of ether oxygens (including phenoxy) is 1. The number of methoxy groups -OCH3 is 1. The first-order chi connectivity index (χ1) is 12.2. The molecule has 3 aromatic rings. The predicted molar refractivity (Wildman–Crippen MR) is 93.1 cm³/mol. The number of esters is 1. The molecule has 5 heteroatoms. The minimum absolute atomic E-state index is 0.199. The average Bonchev–Trinajstić information content (AvgIpc) is 3.21. The third-order valence-electron chi connectivity index (χ3n) is 3.83. The highest BCUT2D eigenvalue weighted by atomic mass is 16.5. The second kappa shape index (κ2) is 7.49. The van der Waals surface area contributed by atoms with Crippen molar-refractivity contribution in [2.45, 2.75) is 6.54 Å². The van der Waals surface area contributed by atoms with Crippen LogP contribution in [0, 0.1) is 0 Å². The molecule has 2 aromatic carbocycles. The van der Waals surface area contributed by atoms with Crippen molar-refractivity contribution in [2.24, 2.45) is 0 Å². The van der Waals surface area contributed by atoms with Gasteiger partial charge in [-0.3, -0.25) is 4.79 Å². The fourth-order valence-corrected chi connectivity index (χ4v) is 2.40. The molecule has 0 aliphatic heterocycles. The monoisotopic (exact) mass is 335 g/mol. The fraction of sp³-hybridized carbons (Fsp3) is 0.100. The van der Waals surface area contributed by atoms with Crippen LogP contribution in [0.5, 0.6) is 0 Å². The number of carbonyl (C=O) groups is 2. The number of benzene rings is 2. The summed E-state index contributed by atoms with van der Waals surface area (Å²) in [4.78, 5) is 23.6. The van der Waals surface area contributed by atoms with Gasteiger partial charge in [-0.05, 0) is 41.5 Å². The van der Waals surface area contributed by atoms with Crippen LogP contribution in [0.25, 0.3) is 11.1 Å². The Bertz CT molecular complexity index is 850. The second-order valence-electron chi connectivity index (χ2n) is 5.46. The maximum atomic E-state index is 12.2. The van der Waals surface area contributed by atoms with Crippen molar-refractivity contribution >= 4 is 11.9 Å². The Hall–Kier alpha value is -3.34. The van der Waals surface area contributed by atoms with Crippen molar-refractivity contribution in [1.82, 2.24) is 5.32 Å². The summed E-state index contributed by atoms with van der Waals surface area (Å²) >= 11 is 0. The molecule has 126 valence electrons. The van der Waals surface area contributed by atoms with E-state index < -0.39 is 5.97 Å². The van der Waals surface area contributed by atoms with Crippen molar-refractivity contribution in [2.75, 3.05) is 7.11 Å². The van der Waals surface area contributed by atoms with E-state index in [1.807, 2.05) is 30.3 Å². The van der Waals surface area contributed by atoms with Gasteiger partial charge in [-0.1, -0.05) is 24.3 Å². The minimum Gasteiger partial charge on any atom is -0.472 e. The molecular formula is C20H17NO4. The summed E-state index contributed by atoms with van der Waals surface area (Å²) in [6.07, 6.45) is 3.32. The van der Waals surface area contributed by atoms with Crippen LogP contribution in [0.3, 0.4) is 0 Å². The first-order valence-corrected chi connectivity index (χ1v) is 7.75. The molecule has 0 saturated carbocycles. The Morgan fingerprint density at radius 1 is 0.920 bits per heavy atom. The highest BCUT2D eigenvalue weighted by Crippen LogP contribution is 2.20. The number of rotatable bonds is 5. The van der Waals surface area contributed by atoms with Crippen LogP contribution in [-0.4, -0.2) is 19.0 Å². The summed E-state index contributed by atoms with van der Waals surface area (Å²) in [7, 11) is 1.32. The van der Waals surface area contributed by atoms with Crippen molar-refractivity contribution in [3.05, 3.63) is 83.8 Å². The lowest BCUT2D eigenvalue weighted by Crippen LogP contribution is -2.22. The quantitative estimate of drug-likeness (QED) is 0.723. The van der Waals surface area contributed by atoms with Crippen LogP contribution in [0.4, 0.5) is 0 Å². The van der Waals surface area contributed by atoms with E-state index in [0.29, 0.717) is 17.7 Å². The summed E-state index contributed by atoms with van der Waals surface area (Å²) in [5.74, 6) is -0.625. The standard InChI is InChI=1S/C20H17NO4/c1-24-20(23)17-8-6-16(7-9-17)19(22)21-12-14-2-4-15(5-3-14)18-10-11-25-13-18/h2-11,13H,12H2,1H3,(H,21,22). The van der Waals surface area contributed by atoms with Crippen LogP contribution in [0.2, 0.25) is 0 Å². The van der Waals surface area contributed by atoms with Gasteiger partial charge in [0.1, 0.15) is 0 Å². The Labute approximate surface area is 145 Å². The number of amides is 1. The number of nitrogens with one attached hydrogen (secondary N) is 1. The maximum absolute atomic E-state index is 12.2. The lowest BCUT2D eigenvalue weighted by molar-refractivity contribution is 0.0600. The third-order valence-corrected chi connectivity index (χ3v) is 3.83. The summed E-state index contributed by atoms with van der Waals surface area (Å²) < 4.78 is 9.70. The molecule has 0 aliphatic rings. The molecule has 0 aliphatic carbocycles. The SMILES string of the molecule is COC(=O)c1ccc(C(=O)NCc2ccc(-c3ccoc3)cc2)cc1. The van der Waals surface area contributed by atoms with Crippen molar-refractivity contribution in [3.8, 4) is 11.1 Å². The van der Waals surface area contributed by atoms with Crippen molar-refractivity contribution < 1.29 is 18.7 Å². The molecule has 1 heterocycles. The number of hydrogen-bond acceptors (Lipinski definition) is 4. The summed E-state index contributed by atoms with van der Waals surface area (Å²) in [5, 5.41) is 2.86. The Kier molecular flexibility index (Phi) is 4.95.